The van der Waals surface area contributed by atoms with Crippen LogP contribution in [-0.2, 0) is 4.79 Å². The second kappa shape index (κ2) is 5.71. The molecule has 9 heavy (non-hydrogen) atoms. The lowest BCUT2D eigenvalue weighted by Crippen LogP contribution is -1.84. The van der Waals surface area contributed by atoms with Crippen LogP contribution in [0.5, 0.6) is 0 Å². The standard InChI is InChI=1S/C7H10OS/c1-3-4-5-6-9-7(2)8/h1H,4-6H2,2H3. The first-order chi connectivity index (χ1) is 4.27. The van der Waals surface area contributed by atoms with Gasteiger partial charge in [0.05, 0.1) is 0 Å². The van der Waals surface area contributed by atoms with Crippen LogP contribution < -0.4 is 0 Å². The fraction of sp³-hybridized carbons (Fsp3) is 0.571. The van der Waals surface area contributed by atoms with Crippen molar-refractivity contribution in [3.8, 4) is 12.3 Å². The van der Waals surface area contributed by atoms with E-state index in [1.54, 1.807) is 6.92 Å². The van der Waals surface area contributed by atoms with Crippen LogP contribution in [0.15, 0.2) is 0 Å². The average molecular weight is 142 g/mol. The number of carbonyl (C=O) groups is 1. The summed E-state index contributed by atoms with van der Waals surface area (Å²) in [6.07, 6.45) is 6.72. The molecule has 0 heterocycles. The summed E-state index contributed by atoms with van der Waals surface area (Å²) in [5, 5.41) is 0.173. The molecule has 0 spiro atoms. The van der Waals surface area contributed by atoms with Crippen molar-refractivity contribution in [1.82, 2.24) is 0 Å². The molecule has 0 atom stereocenters. The van der Waals surface area contributed by atoms with Gasteiger partial charge in [-0.15, -0.1) is 12.3 Å². The van der Waals surface area contributed by atoms with E-state index >= 15 is 0 Å². The topological polar surface area (TPSA) is 17.1 Å². The van der Waals surface area contributed by atoms with Gasteiger partial charge in [0.15, 0.2) is 5.12 Å². The third-order valence-electron chi connectivity index (χ3n) is 0.771. The molecule has 0 unspecified atom stereocenters. The minimum absolute atomic E-state index is 0.173. The summed E-state index contributed by atoms with van der Waals surface area (Å²) in [6, 6.07) is 0. The van der Waals surface area contributed by atoms with Gasteiger partial charge in [-0.05, 0) is 6.42 Å². The molecule has 0 aromatic carbocycles. The van der Waals surface area contributed by atoms with Gasteiger partial charge in [-0.3, -0.25) is 4.79 Å². The highest BCUT2D eigenvalue weighted by Gasteiger charge is 1.90. The van der Waals surface area contributed by atoms with E-state index in [4.69, 9.17) is 6.42 Å². The highest BCUT2D eigenvalue weighted by Crippen LogP contribution is 2.03. The second-order valence-electron chi connectivity index (χ2n) is 1.65. The second-order valence-corrected chi connectivity index (χ2v) is 2.92. The summed E-state index contributed by atoms with van der Waals surface area (Å²) < 4.78 is 0. The number of unbranched alkanes of at least 4 members (excludes halogenated alkanes) is 1. The summed E-state index contributed by atoms with van der Waals surface area (Å²) in [7, 11) is 0. The molecular formula is C7H10OS. The smallest absolute Gasteiger partial charge is 0.185 e. The third kappa shape index (κ3) is 7.58. The van der Waals surface area contributed by atoms with Gasteiger partial charge < -0.3 is 0 Å². The van der Waals surface area contributed by atoms with Crippen LogP contribution in [0.3, 0.4) is 0 Å². The minimum atomic E-state index is 0.173. The highest BCUT2D eigenvalue weighted by molar-refractivity contribution is 8.13. The van der Waals surface area contributed by atoms with E-state index in [9.17, 15) is 4.79 Å². The molecule has 0 aliphatic heterocycles. The van der Waals surface area contributed by atoms with Gasteiger partial charge in [-0.25, -0.2) is 0 Å². The molecule has 2 heteroatoms. The van der Waals surface area contributed by atoms with Crippen LogP contribution in [0.4, 0.5) is 0 Å². The molecule has 0 aliphatic carbocycles. The zero-order chi connectivity index (χ0) is 7.11. The summed E-state index contributed by atoms with van der Waals surface area (Å²) >= 11 is 1.34. The maximum Gasteiger partial charge on any atom is 0.185 e. The van der Waals surface area contributed by atoms with Gasteiger partial charge in [-0.2, -0.15) is 0 Å². The van der Waals surface area contributed by atoms with Crippen molar-refractivity contribution in [2.45, 2.75) is 19.8 Å². The van der Waals surface area contributed by atoms with Crippen molar-refractivity contribution in [2.75, 3.05) is 5.75 Å². The number of hydrogen-bond donors (Lipinski definition) is 0. The molecule has 0 saturated carbocycles. The largest absolute Gasteiger partial charge is 0.288 e. The average Bonchev–Trinajstić information content (AvgIpc) is 1.80. The van der Waals surface area contributed by atoms with E-state index < -0.39 is 0 Å². The van der Waals surface area contributed by atoms with Crippen LogP contribution in [0.2, 0.25) is 0 Å². The Hall–Kier alpha value is -0.420. The zero-order valence-electron chi connectivity index (χ0n) is 5.52. The first-order valence-corrected chi connectivity index (χ1v) is 3.82. The normalized spacial score (nSPS) is 8.44. The van der Waals surface area contributed by atoms with Crippen molar-refractivity contribution >= 4 is 16.9 Å². The maximum absolute atomic E-state index is 10.3. The first-order valence-electron chi connectivity index (χ1n) is 2.84. The molecule has 50 valence electrons. The molecule has 0 amide bonds. The fourth-order valence-corrected chi connectivity index (χ4v) is 0.966. The molecule has 0 rings (SSSR count). The van der Waals surface area contributed by atoms with E-state index in [1.807, 2.05) is 0 Å². The molecule has 1 nitrogen and oxygen atoms in total. The number of carbonyl (C=O) groups excluding carboxylic acids is 1. The molecular weight excluding hydrogens is 132 g/mol. The molecule has 0 aromatic rings. The predicted molar refractivity (Wildman–Crippen MR) is 41.2 cm³/mol. The molecule has 0 saturated heterocycles. The van der Waals surface area contributed by atoms with Crippen LogP contribution in [0.25, 0.3) is 0 Å². The van der Waals surface area contributed by atoms with Gasteiger partial charge in [0, 0.05) is 19.1 Å². The van der Waals surface area contributed by atoms with Crippen molar-refractivity contribution < 1.29 is 4.79 Å². The van der Waals surface area contributed by atoms with Crippen LogP contribution in [0, 0.1) is 12.3 Å². The molecule has 0 N–H and O–H groups in total. The van der Waals surface area contributed by atoms with E-state index in [2.05, 4.69) is 5.92 Å². The van der Waals surface area contributed by atoms with Crippen molar-refractivity contribution in [1.29, 1.82) is 0 Å². The lowest BCUT2D eigenvalue weighted by Gasteiger charge is -1.90. The number of hydrogen-bond acceptors (Lipinski definition) is 2. The monoisotopic (exact) mass is 142 g/mol. The predicted octanol–water partition coefficient (Wildman–Crippen LogP) is 1.68. The molecule has 0 aromatic heterocycles. The highest BCUT2D eigenvalue weighted by atomic mass is 32.2. The van der Waals surface area contributed by atoms with Crippen molar-refractivity contribution in [3.63, 3.8) is 0 Å². The van der Waals surface area contributed by atoms with Gasteiger partial charge >= 0.3 is 0 Å². The maximum atomic E-state index is 10.3. The SMILES string of the molecule is C#CCCCSC(C)=O. The van der Waals surface area contributed by atoms with Gasteiger partial charge in [-0.1, -0.05) is 11.8 Å². The Bertz CT molecular complexity index is 123. The van der Waals surface area contributed by atoms with Crippen molar-refractivity contribution in [2.24, 2.45) is 0 Å². The Kier molecular flexibility index (Phi) is 5.45. The Labute approximate surface area is 60.2 Å². The van der Waals surface area contributed by atoms with Crippen LogP contribution in [0.1, 0.15) is 19.8 Å². The van der Waals surface area contributed by atoms with E-state index in [-0.39, 0.29) is 5.12 Å². The molecule has 0 aliphatic rings. The summed E-state index contributed by atoms with van der Waals surface area (Å²) in [5.74, 6) is 3.38. The van der Waals surface area contributed by atoms with Crippen LogP contribution in [-0.4, -0.2) is 10.9 Å². The third-order valence-corrected chi connectivity index (χ3v) is 1.67. The Morgan fingerprint density at radius 1 is 1.78 bits per heavy atom. The van der Waals surface area contributed by atoms with Crippen LogP contribution >= 0.6 is 11.8 Å². The summed E-state index contributed by atoms with van der Waals surface area (Å²) in [5.41, 5.74) is 0. The Balaban J connectivity index is 2.94. The zero-order valence-corrected chi connectivity index (χ0v) is 6.33. The minimum Gasteiger partial charge on any atom is -0.288 e. The molecule has 0 fully saturated rings. The fourth-order valence-electron chi connectivity index (χ4n) is 0.390. The lowest BCUT2D eigenvalue weighted by molar-refractivity contribution is -0.109. The van der Waals surface area contributed by atoms with Gasteiger partial charge in [0.25, 0.3) is 0 Å². The number of thioether (sulfide) groups is 1. The van der Waals surface area contributed by atoms with Gasteiger partial charge in [0.1, 0.15) is 0 Å². The number of rotatable bonds is 3. The summed E-state index contributed by atoms with van der Waals surface area (Å²) in [4.78, 5) is 10.3. The quantitative estimate of drug-likeness (QED) is 0.440. The van der Waals surface area contributed by atoms with E-state index in [0.29, 0.717) is 0 Å². The van der Waals surface area contributed by atoms with Crippen molar-refractivity contribution in [3.05, 3.63) is 0 Å². The molecule has 0 bridgehead atoms. The van der Waals surface area contributed by atoms with E-state index in [0.717, 1.165) is 18.6 Å². The Morgan fingerprint density at radius 3 is 2.89 bits per heavy atom. The van der Waals surface area contributed by atoms with E-state index in [1.165, 1.54) is 11.8 Å². The Morgan fingerprint density at radius 2 is 2.44 bits per heavy atom. The summed E-state index contributed by atoms with van der Waals surface area (Å²) in [6.45, 7) is 1.57. The van der Waals surface area contributed by atoms with Gasteiger partial charge in [0.2, 0.25) is 0 Å². The number of terminal acetylenes is 1. The first kappa shape index (κ1) is 8.58. The lowest BCUT2D eigenvalue weighted by atomic mass is 10.4. The molecule has 0 radical (unpaired) electrons.